The van der Waals surface area contributed by atoms with Crippen LogP contribution in [0.2, 0.25) is 5.02 Å². The smallest absolute Gasteiger partial charge is 0.332 e. The first kappa shape index (κ1) is 27.6. The third-order valence-electron chi connectivity index (χ3n) is 3.90. The van der Waals surface area contributed by atoms with Crippen molar-refractivity contribution in [3.05, 3.63) is 52.5 Å². The Morgan fingerprint density at radius 2 is 1.81 bits per heavy atom. The van der Waals surface area contributed by atoms with Gasteiger partial charge in [-0.25, -0.2) is 0 Å². The summed E-state index contributed by atoms with van der Waals surface area (Å²) < 4.78 is 67.8. The number of nitrogen functional groups attached to an aromatic ring is 1. The maximum atomic E-state index is 13.2. The molecule has 0 heterocycles. The average Bonchev–Trinajstić information content (AvgIpc) is 2.68. The Kier molecular flexibility index (Phi) is 10.4. The normalized spacial score (nSPS) is 11.3. The van der Waals surface area contributed by atoms with Crippen LogP contribution in [0.5, 0.6) is 5.75 Å². The molecule has 9 nitrogen and oxygen atoms in total. The van der Waals surface area contributed by atoms with Gasteiger partial charge in [-0.3, -0.25) is 9.35 Å². The van der Waals surface area contributed by atoms with E-state index in [1.165, 1.54) is 26.0 Å². The second-order valence-electron chi connectivity index (χ2n) is 6.44. The fourth-order valence-electron chi connectivity index (χ4n) is 2.20. The lowest BCUT2D eigenvalue weighted by Gasteiger charge is -2.10. The van der Waals surface area contributed by atoms with Crippen LogP contribution in [0.3, 0.4) is 0 Å². The Labute approximate surface area is 191 Å². The van der Waals surface area contributed by atoms with Gasteiger partial charge in [0, 0.05) is 17.8 Å². The van der Waals surface area contributed by atoms with Crippen molar-refractivity contribution in [2.24, 2.45) is 0 Å². The van der Waals surface area contributed by atoms with Crippen LogP contribution in [0.15, 0.2) is 41.3 Å². The summed E-state index contributed by atoms with van der Waals surface area (Å²) >= 11 is 5.98. The van der Waals surface area contributed by atoms with Crippen molar-refractivity contribution < 1.29 is 34.8 Å². The summed E-state index contributed by atoms with van der Waals surface area (Å²) in [6.45, 7) is 3.42. The van der Waals surface area contributed by atoms with E-state index in [-0.39, 0.29) is 23.4 Å². The molecule has 0 saturated heterocycles. The van der Waals surface area contributed by atoms with Crippen molar-refractivity contribution in [2.45, 2.75) is 25.2 Å². The molecule has 32 heavy (non-hydrogen) atoms. The Balaban J connectivity index is 0.000000751. The number of carbonyl (C=O) groups excluding carboxylic acids is 1. The Bertz CT molecular complexity index is 1160. The molecule has 0 saturated carbocycles. The Hall–Kier alpha value is -2.41. The van der Waals surface area contributed by atoms with E-state index >= 15 is 0 Å². The minimum absolute atomic E-state index is 0.0642. The summed E-state index contributed by atoms with van der Waals surface area (Å²) in [6.07, 6.45) is 0.493. The number of anilines is 1. The second-order valence-corrected chi connectivity index (χ2v) is 9.90. The molecule has 2 rings (SSSR count). The zero-order valence-corrected chi connectivity index (χ0v) is 19.7. The van der Waals surface area contributed by atoms with E-state index in [1.54, 1.807) is 18.2 Å². The molecule has 0 atom stereocenters. The molecular formula is C19H24ClFN2O7S2. The summed E-state index contributed by atoms with van der Waals surface area (Å²) in [7, 11) is -8.54. The highest BCUT2D eigenvalue weighted by Gasteiger charge is 2.17. The van der Waals surface area contributed by atoms with Crippen LogP contribution in [0, 0.1) is 6.92 Å². The zero-order valence-electron chi connectivity index (χ0n) is 17.3. The number of rotatable bonds is 8. The molecule has 2 aromatic carbocycles. The van der Waals surface area contributed by atoms with E-state index in [0.717, 1.165) is 6.07 Å². The van der Waals surface area contributed by atoms with Crippen LogP contribution in [-0.2, 0) is 20.3 Å². The highest BCUT2D eigenvalue weighted by atomic mass is 35.5. The van der Waals surface area contributed by atoms with Crippen LogP contribution in [-0.4, -0.2) is 46.2 Å². The number of carbonyl (C=O) groups is 1. The molecule has 178 valence electrons. The summed E-state index contributed by atoms with van der Waals surface area (Å²) in [5.74, 6) is -0.212. The molecule has 0 bridgehead atoms. The van der Waals surface area contributed by atoms with Crippen LogP contribution in [0.25, 0.3) is 0 Å². The van der Waals surface area contributed by atoms with Gasteiger partial charge >= 0.3 is 10.2 Å². The lowest BCUT2D eigenvalue weighted by Crippen LogP contribution is -2.25. The van der Waals surface area contributed by atoms with Crippen molar-refractivity contribution >= 4 is 43.5 Å². The predicted octanol–water partition coefficient (Wildman–Crippen LogP) is 2.98. The van der Waals surface area contributed by atoms with Crippen LogP contribution in [0.4, 0.5) is 9.57 Å². The highest BCUT2D eigenvalue weighted by Crippen LogP contribution is 2.26. The molecule has 2 aromatic rings. The third-order valence-corrected chi connectivity index (χ3v) is 5.89. The number of halogens is 2. The largest absolute Gasteiger partial charge is 0.492 e. The first-order valence-electron chi connectivity index (χ1n) is 9.21. The molecule has 0 fully saturated rings. The third kappa shape index (κ3) is 9.81. The number of nitrogens with two attached hydrogens (primary N) is 1. The maximum absolute atomic E-state index is 13.2. The number of benzene rings is 2. The minimum atomic E-state index is -4.88. The highest BCUT2D eigenvalue weighted by molar-refractivity contribution is 7.86. The lowest BCUT2D eigenvalue weighted by atomic mass is 10.1. The Morgan fingerprint density at radius 3 is 2.34 bits per heavy atom. The monoisotopic (exact) mass is 510 g/mol. The minimum Gasteiger partial charge on any atom is -0.492 e. The maximum Gasteiger partial charge on any atom is 0.332 e. The van der Waals surface area contributed by atoms with Gasteiger partial charge in [0.1, 0.15) is 10.6 Å². The topological polar surface area (TPSA) is 153 Å². The van der Waals surface area contributed by atoms with Crippen LogP contribution in [0.1, 0.15) is 29.3 Å². The van der Waals surface area contributed by atoms with Gasteiger partial charge in [0.15, 0.2) is 0 Å². The average molecular weight is 511 g/mol. The quantitative estimate of drug-likeness (QED) is 0.212. The summed E-state index contributed by atoms with van der Waals surface area (Å²) in [5.41, 5.74) is 6.42. The summed E-state index contributed by atoms with van der Waals surface area (Å²) in [5, 5.41) is 3.01. The van der Waals surface area contributed by atoms with Gasteiger partial charge in [0.25, 0.3) is 16.0 Å². The molecule has 0 radical (unpaired) electrons. The fraction of sp³-hybridized carbons (Fsp3) is 0.316. The molecule has 13 heteroatoms. The Morgan fingerprint density at radius 1 is 1.19 bits per heavy atom. The first-order valence-corrected chi connectivity index (χ1v) is 12.6. The van der Waals surface area contributed by atoms with Gasteiger partial charge in [-0.15, -0.1) is 3.89 Å². The predicted molar refractivity (Wildman–Crippen MR) is 120 cm³/mol. The van der Waals surface area contributed by atoms with E-state index in [2.05, 4.69) is 5.32 Å². The van der Waals surface area contributed by atoms with Crippen LogP contribution >= 0.6 is 11.6 Å². The van der Waals surface area contributed by atoms with E-state index in [4.69, 9.17) is 26.6 Å². The van der Waals surface area contributed by atoms with Crippen molar-refractivity contribution in [2.75, 3.05) is 24.6 Å². The number of ether oxygens (including phenoxy) is 1. The molecule has 0 aromatic heterocycles. The van der Waals surface area contributed by atoms with Crippen molar-refractivity contribution in [3.8, 4) is 5.75 Å². The van der Waals surface area contributed by atoms with Crippen molar-refractivity contribution in [3.63, 3.8) is 0 Å². The van der Waals surface area contributed by atoms with Gasteiger partial charge in [0.05, 0.1) is 17.4 Å². The number of nitrogens with one attached hydrogen (secondary N) is 1. The summed E-state index contributed by atoms with van der Waals surface area (Å²) in [6, 6.07) is 8.73. The molecule has 1 amide bonds. The molecular weight excluding hydrogens is 487 g/mol. The molecule has 0 aliphatic heterocycles. The van der Waals surface area contributed by atoms with E-state index < -0.39 is 31.1 Å². The van der Waals surface area contributed by atoms with Crippen LogP contribution < -0.4 is 15.8 Å². The lowest BCUT2D eigenvalue weighted by molar-refractivity contribution is 0.0951. The van der Waals surface area contributed by atoms with E-state index in [0.29, 0.717) is 29.5 Å². The molecule has 4 N–H and O–H groups in total. The van der Waals surface area contributed by atoms with Gasteiger partial charge < -0.3 is 15.8 Å². The number of aryl methyl sites for hydroxylation is 1. The first-order chi connectivity index (χ1) is 14.7. The second kappa shape index (κ2) is 12.0. The number of hydrogen-bond donors (Lipinski definition) is 3. The van der Waals surface area contributed by atoms with Gasteiger partial charge in [-0.1, -0.05) is 17.7 Å². The standard InChI is InChI=1S/C17H18ClFN2O4S.C2H6O3S/c1-11-3-4-12(9-16(11)26(19,23)24)17(22)21-7-2-8-25-15-6-5-13(20)10-14(15)18;1-2-6(3,4)5/h3-6,9-10H,2,7-8,20H2,1H3,(H,21,22);2H2,1H3,(H,3,4,5). The molecule has 0 unspecified atom stereocenters. The van der Waals surface area contributed by atoms with Gasteiger partial charge in [0.2, 0.25) is 0 Å². The van der Waals surface area contributed by atoms with E-state index in [1.807, 2.05) is 0 Å². The number of hydrogen-bond acceptors (Lipinski definition) is 7. The summed E-state index contributed by atoms with van der Waals surface area (Å²) in [4.78, 5) is 11.5. The molecule has 0 aliphatic carbocycles. The van der Waals surface area contributed by atoms with Gasteiger partial charge in [-0.2, -0.15) is 16.8 Å². The fourth-order valence-corrected chi connectivity index (χ4v) is 3.16. The van der Waals surface area contributed by atoms with Gasteiger partial charge in [-0.05, 0) is 56.2 Å². The number of amides is 1. The molecule has 0 aliphatic rings. The van der Waals surface area contributed by atoms with E-state index in [9.17, 15) is 25.5 Å². The zero-order chi connectivity index (χ0) is 24.5. The SMILES string of the molecule is CCS(=O)(=O)O.Cc1ccc(C(=O)NCCCOc2ccc(N)cc2Cl)cc1S(=O)(=O)F. The van der Waals surface area contributed by atoms with Crippen molar-refractivity contribution in [1.82, 2.24) is 5.32 Å². The molecule has 0 spiro atoms. The van der Waals surface area contributed by atoms with Crippen molar-refractivity contribution in [1.29, 1.82) is 0 Å².